The summed E-state index contributed by atoms with van der Waals surface area (Å²) in [6.45, 7) is 4.90. The SMILES string of the molecule is CC(C)N(Cc1ccc(N)cc1)C(=O)C1CC2CC2C1. The molecule has 0 heterocycles. The number of benzene rings is 1. The van der Waals surface area contributed by atoms with Crippen LogP contribution in [0.1, 0.15) is 38.7 Å². The summed E-state index contributed by atoms with van der Waals surface area (Å²) in [4.78, 5) is 14.8. The Labute approximate surface area is 121 Å². The number of hydrogen-bond acceptors (Lipinski definition) is 2. The van der Waals surface area contributed by atoms with Gasteiger partial charge in [0.25, 0.3) is 0 Å². The van der Waals surface area contributed by atoms with Crippen LogP contribution in [0.25, 0.3) is 0 Å². The molecule has 0 spiro atoms. The van der Waals surface area contributed by atoms with Crippen molar-refractivity contribution >= 4 is 11.6 Å². The van der Waals surface area contributed by atoms with E-state index in [1.54, 1.807) is 0 Å². The predicted octanol–water partition coefficient (Wildman–Crippen LogP) is 3.05. The highest BCUT2D eigenvalue weighted by atomic mass is 16.2. The van der Waals surface area contributed by atoms with Gasteiger partial charge in [-0.25, -0.2) is 0 Å². The lowest BCUT2D eigenvalue weighted by atomic mass is 10.0. The summed E-state index contributed by atoms with van der Waals surface area (Å²) in [6, 6.07) is 8.09. The molecular formula is C17H24N2O. The van der Waals surface area contributed by atoms with Crippen LogP contribution in [0.2, 0.25) is 0 Å². The van der Waals surface area contributed by atoms with Gasteiger partial charge in [0.15, 0.2) is 0 Å². The number of carbonyl (C=O) groups is 1. The molecule has 0 saturated heterocycles. The van der Waals surface area contributed by atoms with E-state index in [9.17, 15) is 4.79 Å². The summed E-state index contributed by atoms with van der Waals surface area (Å²) in [5, 5.41) is 0. The summed E-state index contributed by atoms with van der Waals surface area (Å²) >= 11 is 0. The van der Waals surface area contributed by atoms with Gasteiger partial charge in [-0.05, 0) is 62.6 Å². The molecule has 1 aromatic rings. The lowest BCUT2D eigenvalue weighted by Crippen LogP contribution is -2.40. The fourth-order valence-electron chi connectivity index (χ4n) is 3.49. The molecule has 3 nitrogen and oxygen atoms in total. The minimum atomic E-state index is 0.247. The lowest BCUT2D eigenvalue weighted by molar-refractivity contribution is -0.138. The van der Waals surface area contributed by atoms with Gasteiger partial charge in [-0.3, -0.25) is 4.79 Å². The number of nitrogens with zero attached hydrogens (tertiary/aromatic N) is 1. The monoisotopic (exact) mass is 272 g/mol. The Hall–Kier alpha value is -1.51. The van der Waals surface area contributed by atoms with Crippen LogP contribution in [-0.4, -0.2) is 16.8 Å². The average molecular weight is 272 g/mol. The van der Waals surface area contributed by atoms with Crippen LogP contribution in [0.15, 0.2) is 24.3 Å². The third-order valence-corrected chi connectivity index (χ3v) is 4.83. The zero-order valence-electron chi connectivity index (χ0n) is 12.4. The predicted molar refractivity (Wildman–Crippen MR) is 80.9 cm³/mol. The van der Waals surface area contributed by atoms with Crippen LogP contribution in [0.3, 0.4) is 0 Å². The first-order chi connectivity index (χ1) is 9.54. The summed E-state index contributed by atoms with van der Waals surface area (Å²) < 4.78 is 0. The van der Waals surface area contributed by atoms with E-state index in [4.69, 9.17) is 5.73 Å². The molecule has 20 heavy (non-hydrogen) atoms. The first-order valence-electron chi connectivity index (χ1n) is 7.69. The maximum absolute atomic E-state index is 12.7. The van der Waals surface area contributed by atoms with Crippen LogP contribution in [0.4, 0.5) is 5.69 Å². The highest BCUT2D eigenvalue weighted by Crippen LogP contribution is 2.54. The second-order valence-electron chi connectivity index (χ2n) is 6.73. The van der Waals surface area contributed by atoms with E-state index < -0.39 is 0 Å². The van der Waals surface area contributed by atoms with Crippen LogP contribution >= 0.6 is 0 Å². The average Bonchev–Trinajstić information content (AvgIpc) is 3.03. The topological polar surface area (TPSA) is 46.3 Å². The van der Waals surface area contributed by atoms with Gasteiger partial charge < -0.3 is 10.6 Å². The molecule has 2 aliphatic rings. The van der Waals surface area contributed by atoms with Crippen molar-refractivity contribution in [3.8, 4) is 0 Å². The van der Waals surface area contributed by atoms with Crippen LogP contribution in [-0.2, 0) is 11.3 Å². The first kappa shape index (κ1) is 13.5. The number of hydrogen-bond donors (Lipinski definition) is 1. The summed E-state index contributed by atoms with van der Waals surface area (Å²) in [5.41, 5.74) is 7.64. The molecule has 2 saturated carbocycles. The van der Waals surface area contributed by atoms with Gasteiger partial charge in [0, 0.05) is 24.2 Å². The van der Waals surface area contributed by atoms with Crippen molar-refractivity contribution in [1.82, 2.24) is 4.90 Å². The molecular weight excluding hydrogens is 248 g/mol. The molecule has 2 atom stereocenters. The van der Waals surface area contributed by atoms with E-state index in [-0.39, 0.29) is 12.0 Å². The molecule has 0 radical (unpaired) electrons. The normalized spacial score (nSPS) is 27.4. The third-order valence-electron chi connectivity index (χ3n) is 4.83. The number of fused-ring (bicyclic) bond motifs is 1. The summed E-state index contributed by atoms with van der Waals surface area (Å²) in [5.74, 6) is 2.34. The summed E-state index contributed by atoms with van der Waals surface area (Å²) in [7, 11) is 0. The Morgan fingerprint density at radius 3 is 2.35 bits per heavy atom. The van der Waals surface area contributed by atoms with E-state index in [1.807, 2.05) is 29.2 Å². The Balaban J connectivity index is 1.68. The van der Waals surface area contributed by atoms with E-state index >= 15 is 0 Å². The minimum Gasteiger partial charge on any atom is -0.399 e. The van der Waals surface area contributed by atoms with Gasteiger partial charge in [-0.1, -0.05) is 12.1 Å². The number of nitrogen functional groups attached to an aromatic ring is 1. The Morgan fingerprint density at radius 2 is 1.80 bits per heavy atom. The second kappa shape index (κ2) is 5.12. The van der Waals surface area contributed by atoms with Gasteiger partial charge in [0.2, 0.25) is 5.91 Å². The van der Waals surface area contributed by atoms with Gasteiger partial charge in [0.05, 0.1) is 0 Å². The summed E-state index contributed by atoms with van der Waals surface area (Å²) in [6.07, 6.45) is 3.60. The van der Waals surface area contributed by atoms with Gasteiger partial charge in [0.1, 0.15) is 0 Å². The maximum atomic E-state index is 12.7. The van der Waals surface area contributed by atoms with Crippen LogP contribution in [0.5, 0.6) is 0 Å². The number of carbonyl (C=O) groups excluding carboxylic acids is 1. The smallest absolute Gasteiger partial charge is 0.226 e. The molecule has 2 aliphatic carbocycles. The van der Waals surface area contributed by atoms with Gasteiger partial charge in [-0.15, -0.1) is 0 Å². The highest BCUT2D eigenvalue weighted by Gasteiger charge is 2.48. The largest absolute Gasteiger partial charge is 0.399 e. The highest BCUT2D eigenvalue weighted by molar-refractivity contribution is 5.79. The Morgan fingerprint density at radius 1 is 1.20 bits per heavy atom. The fourth-order valence-corrected chi connectivity index (χ4v) is 3.49. The molecule has 3 heteroatoms. The van der Waals surface area contributed by atoms with Crippen LogP contribution < -0.4 is 5.73 Å². The molecule has 108 valence electrons. The number of rotatable bonds is 4. The molecule has 0 aliphatic heterocycles. The van der Waals surface area contributed by atoms with Crippen molar-refractivity contribution in [1.29, 1.82) is 0 Å². The van der Waals surface area contributed by atoms with Crippen molar-refractivity contribution < 1.29 is 4.79 Å². The number of amides is 1. The minimum absolute atomic E-state index is 0.247. The second-order valence-corrected chi connectivity index (χ2v) is 6.73. The van der Waals surface area contributed by atoms with Crippen LogP contribution in [0, 0.1) is 17.8 Å². The molecule has 1 amide bonds. The van der Waals surface area contributed by atoms with Gasteiger partial charge in [-0.2, -0.15) is 0 Å². The molecule has 2 fully saturated rings. The lowest BCUT2D eigenvalue weighted by Gasteiger charge is -2.30. The molecule has 2 N–H and O–H groups in total. The van der Waals surface area contributed by atoms with Crippen molar-refractivity contribution in [3.63, 3.8) is 0 Å². The molecule has 0 aromatic heterocycles. The fraction of sp³-hybridized carbons (Fsp3) is 0.588. The first-order valence-corrected chi connectivity index (χ1v) is 7.69. The van der Waals surface area contributed by atoms with Gasteiger partial charge >= 0.3 is 0 Å². The van der Waals surface area contributed by atoms with Crippen molar-refractivity contribution in [2.45, 2.75) is 45.7 Å². The van der Waals surface area contributed by atoms with E-state index in [0.29, 0.717) is 12.5 Å². The Bertz CT molecular complexity index is 484. The zero-order chi connectivity index (χ0) is 14.3. The molecule has 3 rings (SSSR count). The third kappa shape index (κ3) is 2.67. The molecule has 2 unspecified atom stereocenters. The number of anilines is 1. The quantitative estimate of drug-likeness (QED) is 0.856. The van der Waals surface area contributed by atoms with Crippen molar-refractivity contribution in [2.24, 2.45) is 17.8 Å². The van der Waals surface area contributed by atoms with E-state index in [0.717, 1.165) is 35.9 Å². The van der Waals surface area contributed by atoms with Crippen molar-refractivity contribution in [3.05, 3.63) is 29.8 Å². The number of nitrogens with two attached hydrogens (primary N) is 1. The van der Waals surface area contributed by atoms with E-state index in [2.05, 4.69) is 13.8 Å². The maximum Gasteiger partial charge on any atom is 0.226 e. The molecule has 1 aromatic carbocycles. The Kier molecular flexibility index (Phi) is 3.45. The van der Waals surface area contributed by atoms with E-state index in [1.165, 1.54) is 6.42 Å². The zero-order valence-corrected chi connectivity index (χ0v) is 12.4. The molecule has 0 bridgehead atoms. The van der Waals surface area contributed by atoms with Crippen molar-refractivity contribution in [2.75, 3.05) is 5.73 Å². The standard InChI is InChI=1S/C17H24N2O/c1-11(2)19(10-12-3-5-16(18)6-4-12)17(20)15-8-13-7-14(13)9-15/h3-6,11,13-15H,7-10,18H2,1-2H3.